The molecule has 0 spiro atoms. The SMILES string of the molecule is CCCCCCCCC(O)C1(C)CCCO1. The van der Waals surface area contributed by atoms with Crippen LogP contribution in [0.5, 0.6) is 0 Å². The summed E-state index contributed by atoms with van der Waals surface area (Å²) < 4.78 is 5.65. The van der Waals surface area contributed by atoms with Crippen molar-refractivity contribution in [2.75, 3.05) is 6.61 Å². The first kappa shape index (κ1) is 14.0. The number of ether oxygens (including phenoxy) is 1. The lowest BCUT2D eigenvalue weighted by molar-refractivity contribution is -0.0810. The molecule has 0 aromatic rings. The fourth-order valence-corrected chi connectivity index (χ4v) is 2.49. The normalized spacial score (nSPS) is 27.2. The molecule has 2 atom stereocenters. The number of aliphatic hydroxyl groups excluding tert-OH is 1. The molecule has 2 unspecified atom stereocenters. The molecular formula is C14H28O2. The van der Waals surface area contributed by atoms with Gasteiger partial charge >= 0.3 is 0 Å². The number of unbranched alkanes of at least 4 members (excludes halogenated alkanes) is 5. The monoisotopic (exact) mass is 228 g/mol. The zero-order valence-electron chi connectivity index (χ0n) is 11.0. The van der Waals surface area contributed by atoms with Gasteiger partial charge in [0.15, 0.2) is 0 Å². The summed E-state index contributed by atoms with van der Waals surface area (Å²) in [5.41, 5.74) is -0.247. The molecule has 1 fully saturated rings. The lowest BCUT2D eigenvalue weighted by Crippen LogP contribution is -2.38. The third kappa shape index (κ3) is 4.42. The van der Waals surface area contributed by atoms with E-state index in [4.69, 9.17) is 4.74 Å². The summed E-state index contributed by atoms with van der Waals surface area (Å²) in [6.45, 7) is 5.12. The number of rotatable bonds is 8. The second kappa shape index (κ2) is 7.29. The molecule has 1 aliphatic heterocycles. The van der Waals surface area contributed by atoms with Gasteiger partial charge in [0.25, 0.3) is 0 Å². The van der Waals surface area contributed by atoms with E-state index >= 15 is 0 Å². The maximum Gasteiger partial charge on any atom is 0.0913 e. The molecule has 0 aliphatic carbocycles. The summed E-state index contributed by atoms with van der Waals surface area (Å²) in [5, 5.41) is 10.1. The summed E-state index contributed by atoms with van der Waals surface area (Å²) in [7, 11) is 0. The van der Waals surface area contributed by atoms with E-state index in [9.17, 15) is 5.11 Å². The van der Waals surface area contributed by atoms with E-state index in [1.54, 1.807) is 0 Å². The summed E-state index contributed by atoms with van der Waals surface area (Å²) in [6.07, 6.45) is 10.5. The Morgan fingerprint density at radius 2 is 1.88 bits per heavy atom. The maximum atomic E-state index is 10.1. The Hall–Kier alpha value is -0.0800. The minimum absolute atomic E-state index is 0.247. The van der Waals surface area contributed by atoms with Gasteiger partial charge in [-0.25, -0.2) is 0 Å². The van der Waals surface area contributed by atoms with Gasteiger partial charge in [-0.2, -0.15) is 0 Å². The van der Waals surface area contributed by atoms with Crippen LogP contribution in [0.1, 0.15) is 71.6 Å². The molecule has 2 nitrogen and oxygen atoms in total. The van der Waals surface area contributed by atoms with Crippen molar-refractivity contribution in [2.45, 2.75) is 83.3 Å². The predicted octanol–water partition coefficient (Wildman–Crippen LogP) is 3.67. The Balaban J connectivity index is 2.03. The van der Waals surface area contributed by atoms with E-state index in [2.05, 4.69) is 13.8 Å². The van der Waals surface area contributed by atoms with Gasteiger partial charge in [-0.1, -0.05) is 45.4 Å². The van der Waals surface area contributed by atoms with Gasteiger partial charge in [0.1, 0.15) is 0 Å². The highest BCUT2D eigenvalue weighted by Crippen LogP contribution is 2.30. The van der Waals surface area contributed by atoms with Crippen LogP contribution in [0, 0.1) is 0 Å². The standard InChI is InChI=1S/C14H28O2/c1-3-4-5-6-7-8-10-13(15)14(2)11-9-12-16-14/h13,15H,3-12H2,1-2H3. The molecule has 0 radical (unpaired) electrons. The average Bonchev–Trinajstić information content (AvgIpc) is 2.71. The molecule has 0 bridgehead atoms. The molecular weight excluding hydrogens is 200 g/mol. The van der Waals surface area contributed by atoms with Gasteiger partial charge in [0, 0.05) is 6.61 Å². The molecule has 1 heterocycles. The molecule has 0 aromatic carbocycles. The van der Waals surface area contributed by atoms with E-state index in [1.165, 1.54) is 32.1 Å². The minimum atomic E-state index is -0.263. The minimum Gasteiger partial charge on any atom is -0.390 e. The van der Waals surface area contributed by atoms with Crippen molar-refractivity contribution in [1.29, 1.82) is 0 Å². The summed E-state index contributed by atoms with van der Waals surface area (Å²) in [6, 6.07) is 0. The van der Waals surface area contributed by atoms with Crippen molar-refractivity contribution in [2.24, 2.45) is 0 Å². The van der Waals surface area contributed by atoms with E-state index in [1.807, 2.05) is 0 Å². The third-order valence-corrected chi connectivity index (χ3v) is 3.79. The number of hydrogen-bond donors (Lipinski definition) is 1. The van der Waals surface area contributed by atoms with Gasteiger partial charge in [-0.15, -0.1) is 0 Å². The van der Waals surface area contributed by atoms with Gasteiger partial charge < -0.3 is 9.84 Å². The molecule has 1 aliphatic rings. The van der Waals surface area contributed by atoms with E-state index in [0.717, 1.165) is 32.3 Å². The summed E-state index contributed by atoms with van der Waals surface area (Å²) >= 11 is 0. The quantitative estimate of drug-likeness (QED) is 0.642. The fourth-order valence-electron chi connectivity index (χ4n) is 2.49. The van der Waals surface area contributed by atoms with Crippen LogP contribution in [0.15, 0.2) is 0 Å². The highest BCUT2D eigenvalue weighted by molar-refractivity contribution is 4.87. The van der Waals surface area contributed by atoms with Gasteiger partial charge in [-0.3, -0.25) is 0 Å². The van der Waals surface area contributed by atoms with Gasteiger partial charge in [0.05, 0.1) is 11.7 Å². The Morgan fingerprint density at radius 1 is 1.19 bits per heavy atom. The topological polar surface area (TPSA) is 29.5 Å². The van der Waals surface area contributed by atoms with Crippen LogP contribution in [0.25, 0.3) is 0 Å². The molecule has 16 heavy (non-hydrogen) atoms. The van der Waals surface area contributed by atoms with Crippen molar-refractivity contribution in [3.63, 3.8) is 0 Å². The average molecular weight is 228 g/mol. The lowest BCUT2D eigenvalue weighted by atomic mass is 9.91. The molecule has 1 rings (SSSR count). The van der Waals surface area contributed by atoms with Crippen molar-refractivity contribution < 1.29 is 9.84 Å². The first-order valence-electron chi connectivity index (χ1n) is 7.01. The lowest BCUT2D eigenvalue weighted by Gasteiger charge is -2.29. The number of hydrogen-bond acceptors (Lipinski definition) is 2. The van der Waals surface area contributed by atoms with Crippen LogP contribution in [0.4, 0.5) is 0 Å². The van der Waals surface area contributed by atoms with Crippen LogP contribution in [0.2, 0.25) is 0 Å². The molecule has 0 saturated carbocycles. The fraction of sp³-hybridized carbons (Fsp3) is 1.00. The molecule has 2 heteroatoms. The van der Waals surface area contributed by atoms with E-state index in [-0.39, 0.29) is 11.7 Å². The maximum absolute atomic E-state index is 10.1. The van der Waals surface area contributed by atoms with Crippen molar-refractivity contribution >= 4 is 0 Å². The van der Waals surface area contributed by atoms with Crippen molar-refractivity contribution in [3.05, 3.63) is 0 Å². The van der Waals surface area contributed by atoms with Crippen LogP contribution >= 0.6 is 0 Å². The second-order valence-corrected chi connectivity index (χ2v) is 5.34. The van der Waals surface area contributed by atoms with Crippen molar-refractivity contribution in [3.8, 4) is 0 Å². The van der Waals surface area contributed by atoms with Crippen molar-refractivity contribution in [1.82, 2.24) is 0 Å². The highest BCUT2D eigenvalue weighted by Gasteiger charge is 2.36. The first-order valence-corrected chi connectivity index (χ1v) is 7.01. The largest absolute Gasteiger partial charge is 0.390 e. The van der Waals surface area contributed by atoms with E-state index < -0.39 is 0 Å². The van der Waals surface area contributed by atoms with Gasteiger partial charge in [0.2, 0.25) is 0 Å². The molecule has 96 valence electrons. The Bertz CT molecular complexity index is 174. The Morgan fingerprint density at radius 3 is 2.50 bits per heavy atom. The van der Waals surface area contributed by atoms with Crippen LogP contribution in [-0.2, 0) is 4.74 Å². The van der Waals surface area contributed by atoms with Gasteiger partial charge in [-0.05, 0) is 26.2 Å². The van der Waals surface area contributed by atoms with Crippen LogP contribution in [-0.4, -0.2) is 23.4 Å². The molecule has 1 saturated heterocycles. The third-order valence-electron chi connectivity index (χ3n) is 3.79. The molecule has 1 N–H and O–H groups in total. The second-order valence-electron chi connectivity index (χ2n) is 5.34. The zero-order valence-corrected chi connectivity index (χ0v) is 11.0. The van der Waals surface area contributed by atoms with Crippen LogP contribution < -0.4 is 0 Å². The summed E-state index contributed by atoms with van der Waals surface area (Å²) in [4.78, 5) is 0. The van der Waals surface area contributed by atoms with E-state index in [0.29, 0.717) is 0 Å². The summed E-state index contributed by atoms with van der Waals surface area (Å²) in [5.74, 6) is 0. The predicted molar refractivity (Wildman–Crippen MR) is 67.6 cm³/mol. The molecule has 0 aromatic heterocycles. The highest BCUT2D eigenvalue weighted by atomic mass is 16.5. The zero-order chi connectivity index (χ0) is 11.9. The van der Waals surface area contributed by atoms with Crippen LogP contribution in [0.3, 0.4) is 0 Å². The Kier molecular flexibility index (Phi) is 6.37. The number of aliphatic hydroxyl groups is 1. The first-order chi connectivity index (χ1) is 7.69. The Labute approximate surface area is 100 Å². The smallest absolute Gasteiger partial charge is 0.0913 e. The molecule has 0 amide bonds.